The molecule has 112 valence electrons. The molecule has 0 spiro atoms. The number of nitrogens with one attached hydrogen (secondary N) is 1. The minimum atomic E-state index is -0.816. The van der Waals surface area contributed by atoms with Gasteiger partial charge < -0.3 is 20.6 Å². The Morgan fingerprint density at radius 2 is 1.95 bits per heavy atom. The van der Waals surface area contributed by atoms with E-state index in [-0.39, 0.29) is 12.0 Å². The van der Waals surface area contributed by atoms with Crippen molar-refractivity contribution in [3.05, 3.63) is 0 Å². The van der Waals surface area contributed by atoms with Crippen LogP contribution in [0.3, 0.4) is 0 Å². The van der Waals surface area contributed by atoms with Crippen molar-refractivity contribution in [1.29, 1.82) is 0 Å². The molecule has 0 aromatic rings. The van der Waals surface area contributed by atoms with Gasteiger partial charge in [-0.25, -0.2) is 0 Å². The van der Waals surface area contributed by atoms with Crippen LogP contribution in [0.15, 0.2) is 0 Å². The predicted molar refractivity (Wildman–Crippen MR) is 72.9 cm³/mol. The third-order valence-electron chi connectivity index (χ3n) is 3.84. The van der Waals surface area contributed by atoms with E-state index in [4.69, 9.17) is 5.11 Å². The van der Waals surface area contributed by atoms with Crippen molar-refractivity contribution < 1.29 is 20.1 Å². The summed E-state index contributed by atoms with van der Waals surface area (Å²) in [5, 5.41) is 32.1. The number of carboxylic acids is 1. The first-order valence-electron chi connectivity index (χ1n) is 7.16. The summed E-state index contributed by atoms with van der Waals surface area (Å²) in [4.78, 5) is 10.8. The predicted octanol–water partition coefficient (Wildman–Crippen LogP) is 0.989. The van der Waals surface area contributed by atoms with E-state index in [9.17, 15) is 15.0 Å². The van der Waals surface area contributed by atoms with Crippen LogP contribution in [0.2, 0.25) is 0 Å². The topological polar surface area (TPSA) is 89.8 Å². The molecule has 0 aromatic carbocycles. The summed E-state index contributed by atoms with van der Waals surface area (Å²) >= 11 is 0. The summed E-state index contributed by atoms with van der Waals surface area (Å²) in [7, 11) is 0. The van der Waals surface area contributed by atoms with Gasteiger partial charge >= 0.3 is 5.97 Å². The number of carbonyl (C=O) groups is 1. The molecule has 5 heteroatoms. The summed E-state index contributed by atoms with van der Waals surface area (Å²) in [6.45, 7) is 5.02. The lowest BCUT2D eigenvalue weighted by atomic mass is 9.79. The molecule has 1 saturated carbocycles. The molecule has 1 atom stereocenters. The Bertz CT molecular complexity index is 285. The highest BCUT2D eigenvalue weighted by Crippen LogP contribution is 2.31. The van der Waals surface area contributed by atoms with Crippen LogP contribution in [0.5, 0.6) is 0 Å². The monoisotopic (exact) mass is 273 g/mol. The van der Waals surface area contributed by atoms with Crippen molar-refractivity contribution in [2.45, 2.75) is 57.7 Å². The zero-order chi connectivity index (χ0) is 14.5. The van der Waals surface area contributed by atoms with E-state index >= 15 is 0 Å². The zero-order valence-electron chi connectivity index (χ0n) is 11.9. The van der Waals surface area contributed by atoms with Crippen molar-refractivity contribution in [2.24, 2.45) is 11.8 Å². The molecule has 0 amide bonds. The number of aliphatic carboxylic acids is 1. The van der Waals surface area contributed by atoms with Gasteiger partial charge in [0, 0.05) is 13.1 Å². The smallest absolute Gasteiger partial charge is 0.306 e. The van der Waals surface area contributed by atoms with Gasteiger partial charge in [0.25, 0.3) is 0 Å². The minimum Gasteiger partial charge on any atom is -0.481 e. The Kier molecular flexibility index (Phi) is 6.23. The molecule has 0 aliphatic heterocycles. The molecule has 0 aromatic heterocycles. The molecule has 0 radical (unpaired) electrons. The highest BCUT2D eigenvalue weighted by molar-refractivity contribution is 5.70. The maximum atomic E-state index is 10.8. The SMILES string of the molecule is CC(C)CC(O)CNCC1(O)CCC(C(=O)O)CC1. The molecule has 0 saturated heterocycles. The molecule has 5 nitrogen and oxygen atoms in total. The summed E-state index contributed by atoms with van der Waals surface area (Å²) in [5.41, 5.74) is -0.816. The third-order valence-corrected chi connectivity index (χ3v) is 3.84. The Balaban J connectivity index is 2.24. The number of rotatable bonds is 7. The van der Waals surface area contributed by atoms with Crippen LogP contribution >= 0.6 is 0 Å². The second-order valence-corrected chi connectivity index (χ2v) is 6.25. The molecule has 1 aliphatic carbocycles. The second-order valence-electron chi connectivity index (χ2n) is 6.25. The molecular formula is C14H27NO4. The summed E-state index contributed by atoms with van der Waals surface area (Å²) in [6.07, 6.45) is 2.43. The van der Waals surface area contributed by atoms with E-state index in [2.05, 4.69) is 19.2 Å². The van der Waals surface area contributed by atoms with Gasteiger partial charge in [0.15, 0.2) is 0 Å². The highest BCUT2D eigenvalue weighted by Gasteiger charge is 2.35. The Labute approximate surface area is 115 Å². The molecule has 4 N–H and O–H groups in total. The normalized spacial score (nSPS) is 29.4. The number of carboxylic acid groups (broad SMARTS) is 1. The maximum absolute atomic E-state index is 10.8. The lowest BCUT2D eigenvalue weighted by Gasteiger charge is -2.35. The highest BCUT2D eigenvalue weighted by atomic mass is 16.4. The molecule has 1 rings (SSSR count). The first-order valence-corrected chi connectivity index (χ1v) is 7.16. The van der Waals surface area contributed by atoms with Crippen molar-refractivity contribution in [3.8, 4) is 0 Å². The fourth-order valence-corrected chi connectivity index (χ4v) is 2.68. The Hall–Kier alpha value is -0.650. The quantitative estimate of drug-likeness (QED) is 0.555. The van der Waals surface area contributed by atoms with Crippen LogP contribution in [0.4, 0.5) is 0 Å². The molecule has 1 aliphatic rings. The van der Waals surface area contributed by atoms with Crippen LogP contribution in [0, 0.1) is 11.8 Å². The third kappa shape index (κ3) is 5.89. The van der Waals surface area contributed by atoms with Crippen LogP contribution < -0.4 is 5.32 Å². The van der Waals surface area contributed by atoms with Crippen molar-refractivity contribution in [3.63, 3.8) is 0 Å². The number of aliphatic hydroxyl groups is 2. The van der Waals surface area contributed by atoms with Gasteiger partial charge in [-0.15, -0.1) is 0 Å². The fraction of sp³-hybridized carbons (Fsp3) is 0.929. The summed E-state index contributed by atoms with van der Waals surface area (Å²) in [6, 6.07) is 0. The van der Waals surface area contributed by atoms with Crippen LogP contribution in [-0.2, 0) is 4.79 Å². The Morgan fingerprint density at radius 1 is 1.37 bits per heavy atom. The van der Waals surface area contributed by atoms with Crippen LogP contribution in [0.25, 0.3) is 0 Å². The van der Waals surface area contributed by atoms with Crippen molar-refractivity contribution in [1.82, 2.24) is 5.32 Å². The average molecular weight is 273 g/mol. The molecule has 0 bridgehead atoms. The lowest BCUT2D eigenvalue weighted by molar-refractivity contribution is -0.144. The first-order chi connectivity index (χ1) is 8.82. The standard InChI is InChI=1S/C14H27NO4/c1-10(2)7-12(16)8-15-9-14(19)5-3-11(4-6-14)13(17)18/h10-12,15-16,19H,3-9H2,1-2H3,(H,17,18). The second kappa shape index (κ2) is 7.22. The van der Waals surface area contributed by atoms with Gasteiger partial charge in [-0.3, -0.25) is 4.79 Å². The molecule has 0 heterocycles. The summed E-state index contributed by atoms with van der Waals surface area (Å²) < 4.78 is 0. The summed E-state index contributed by atoms with van der Waals surface area (Å²) in [5.74, 6) is -0.625. The molecular weight excluding hydrogens is 246 g/mol. The van der Waals surface area contributed by atoms with Gasteiger partial charge in [-0.05, 0) is 38.0 Å². The largest absolute Gasteiger partial charge is 0.481 e. The van der Waals surface area contributed by atoms with E-state index in [1.54, 1.807) is 0 Å². The van der Waals surface area contributed by atoms with E-state index in [1.165, 1.54) is 0 Å². The van der Waals surface area contributed by atoms with Gasteiger partial charge in [0.2, 0.25) is 0 Å². The number of aliphatic hydroxyl groups excluding tert-OH is 1. The molecule has 1 unspecified atom stereocenters. The van der Waals surface area contributed by atoms with E-state index in [1.807, 2.05) is 0 Å². The lowest BCUT2D eigenvalue weighted by Crippen LogP contribution is -2.46. The number of hydrogen-bond donors (Lipinski definition) is 4. The van der Waals surface area contributed by atoms with E-state index in [0.717, 1.165) is 6.42 Å². The van der Waals surface area contributed by atoms with Crippen molar-refractivity contribution >= 4 is 5.97 Å². The van der Waals surface area contributed by atoms with Gasteiger partial charge in [0.05, 0.1) is 17.6 Å². The Morgan fingerprint density at radius 3 is 2.42 bits per heavy atom. The van der Waals surface area contributed by atoms with Gasteiger partial charge in [0.1, 0.15) is 0 Å². The number of hydrogen-bond acceptors (Lipinski definition) is 4. The van der Waals surface area contributed by atoms with E-state index in [0.29, 0.717) is 44.7 Å². The fourth-order valence-electron chi connectivity index (χ4n) is 2.68. The van der Waals surface area contributed by atoms with Crippen molar-refractivity contribution in [2.75, 3.05) is 13.1 Å². The zero-order valence-corrected chi connectivity index (χ0v) is 11.9. The maximum Gasteiger partial charge on any atom is 0.306 e. The first kappa shape index (κ1) is 16.4. The van der Waals surface area contributed by atoms with Crippen LogP contribution in [-0.4, -0.2) is 46.1 Å². The van der Waals surface area contributed by atoms with Crippen LogP contribution in [0.1, 0.15) is 46.0 Å². The molecule has 1 fully saturated rings. The molecule has 19 heavy (non-hydrogen) atoms. The van der Waals surface area contributed by atoms with Gasteiger partial charge in [-0.1, -0.05) is 13.8 Å². The average Bonchev–Trinajstić information content (AvgIpc) is 2.28. The van der Waals surface area contributed by atoms with E-state index < -0.39 is 11.6 Å². The van der Waals surface area contributed by atoms with Gasteiger partial charge in [-0.2, -0.15) is 0 Å². The minimum absolute atomic E-state index is 0.313.